The van der Waals surface area contributed by atoms with Gasteiger partial charge in [0.05, 0.1) is 12.0 Å². The molecule has 0 aliphatic heterocycles. The maximum Gasteiger partial charge on any atom is 0.328 e. The van der Waals surface area contributed by atoms with Crippen LogP contribution in [0.25, 0.3) is 6.08 Å². The fraction of sp³-hybridized carbons (Fsp3) is 0.208. The van der Waals surface area contributed by atoms with Crippen molar-refractivity contribution in [2.75, 3.05) is 4.72 Å². The maximum absolute atomic E-state index is 13.0. The van der Waals surface area contributed by atoms with E-state index in [2.05, 4.69) is 4.72 Å². The lowest BCUT2D eigenvalue weighted by atomic mass is 10.1. The molecule has 3 aromatic rings. The van der Waals surface area contributed by atoms with E-state index < -0.39 is 16.0 Å². The van der Waals surface area contributed by atoms with Gasteiger partial charge in [0.25, 0.3) is 10.0 Å². The molecule has 0 unspecified atom stereocenters. The van der Waals surface area contributed by atoms with Crippen molar-refractivity contribution in [1.82, 2.24) is 0 Å². The van der Waals surface area contributed by atoms with Crippen LogP contribution in [0, 0.1) is 5.92 Å². The van der Waals surface area contributed by atoms with Crippen LogP contribution in [0.1, 0.15) is 30.5 Å². The zero-order valence-corrected chi connectivity index (χ0v) is 19.7. The van der Waals surface area contributed by atoms with Crippen molar-refractivity contribution >= 4 is 39.4 Å². The summed E-state index contributed by atoms with van der Waals surface area (Å²) in [7, 11) is -3.98. The van der Waals surface area contributed by atoms with Crippen molar-refractivity contribution in [2.24, 2.45) is 5.92 Å². The molecule has 0 aliphatic carbocycles. The second-order valence-electron chi connectivity index (χ2n) is 7.78. The van der Waals surface area contributed by atoms with E-state index >= 15 is 0 Å². The molecular weight excluding hydrogens is 466 g/mol. The van der Waals surface area contributed by atoms with Crippen LogP contribution in [-0.4, -0.2) is 19.5 Å². The van der Waals surface area contributed by atoms with Gasteiger partial charge in [-0.2, -0.15) is 8.42 Å². The van der Waals surface area contributed by atoms with Gasteiger partial charge in [0.1, 0.15) is 12.4 Å². The van der Waals surface area contributed by atoms with Gasteiger partial charge in [-0.25, -0.2) is 4.79 Å². The van der Waals surface area contributed by atoms with Crippen LogP contribution < -0.4 is 9.46 Å². The van der Waals surface area contributed by atoms with Gasteiger partial charge >= 0.3 is 5.97 Å². The van der Waals surface area contributed by atoms with Crippen LogP contribution in [0.3, 0.4) is 0 Å². The number of hydrogen-bond donors (Lipinski definition) is 2. The van der Waals surface area contributed by atoms with Crippen LogP contribution in [0.15, 0.2) is 70.4 Å². The van der Waals surface area contributed by atoms with Gasteiger partial charge in [-0.05, 0) is 47.7 Å². The molecule has 0 radical (unpaired) electrons. The highest BCUT2D eigenvalue weighted by Crippen LogP contribution is 2.32. The first-order valence-corrected chi connectivity index (χ1v) is 12.0. The molecule has 9 heteroatoms. The first kappa shape index (κ1) is 24.4. The van der Waals surface area contributed by atoms with Crippen LogP contribution in [-0.2, 0) is 27.8 Å². The minimum atomic E-state index is -3.98. The summed E-state index contributed by atoms with van der Waals surface area (Å²) in [5, 5.41) is 8.98. The summed E-state index contributed by atoms with van der Waals surface area (Å²) < 4.78 is 39.6. The number of nitrogens with one attached hydrogen (secondary N) is 1. The predicted molar refractivity (Wildman–Crippen MR) is 127 cm³/mol. The monoisotopic (exact) mass is 489 g/mol. The highest BCUT2D eigenvalue weighted by molar-refractivity contribution is 7.92. The summed E-state index contributed by atoms with van der Waals surface area (Å²) in [6.07, 6.45) is 4.47. The number of furan rings is 1. The van der Waals surface area contributed by atoms with Crippen LogP contribution >= 0.6 is 11.6 Å². The third-order valence-electron chi connectivity index (χ3n) is 4.56. The number of carbonyl (C=O) groups is 1. The van der Waals surface area contributed by atoms with E-state index in [1.165, 1.54) is 24.5 Å². The third kappa shape index (κ3) is 6.87. The maximum atomic E-state index is 13.0. The summed E-state index contributed by atoms with van der Waals surface area (Å²) in [5.74, 6) is -0.501. The Morgan fingerprint density at radius 3 is 2.58 bits per heavy atom. The lowest BCUT2D eigenvalue weighted by Crippen LogP contribution is -2.15. The molecule has 0 aliphatic rings. The first-order chi connectivity index (χ1) is 15.6. The molecule has 2 aromatic carbocycles. The summed E-state index contributed by atoms with van der Waals surface area (Å²) in [6, 6.07) is 13.4. The molecule has 3 rings (SSSR count). The largest absolute Gasteiger partial charge is 0.487 e. The first-order valence-electron chi connectivity index (χ1n) is 10.2. The smallest absolute Gasteiger partial charge is 0.328 e. The highest BCUT2D eigenvalue weighted by Gasteiger charge is 2.24. The van der Waals surface area contributed by atoms with E-state index in [0.29, 0.717) is 17.0 Å². The van der Waals surface area contributed by atoms with E-state index in [1.54, 1.807) is 36.4 Å². The Kier molecular flexibility index (Phi) is 7.84. The number of carboxylic acids is 1. The molecule has 0 bridgehead atoms. The summed E-state index contributed by atoms with van der Waals surface area (Å²) in [6.45, 7) is 4.14. The average molecular weight is 490 g/mol. The normalized spacial score (nSPS) is 11.8. The number of benzene rings is 2. The Balaban J connectivity index is 1.77. The Labute approximate surface area is 197 Å². The van der Waals surface area contributed by atoms with Gasteiger partial charge in [0.2, 0.25) is 5.09 Å². The second kappa shape index (κ2) is 10.6. The fourth-order valence-corrected chi connectivity index (χ4v) is 4.49. The van der Waals surface area contributed by atoms with Gasteiger partial charge in [-0.3, -0.25) is 4.72 Å². The number of rotatable bonds is 10. The van der Waals surface area contributed by atoms with Crippen molar-refractivity contribution in [3.8, 4) is 5.75 Å². The van der Waals surface area contributed by atoms with Gasteiger partial charge in [-0.15, -0.1) is 0 Å². The van der Waals surface area contributed by atoms with Gasteiger partial charge in [-0.1, -0.05) is 49.7 Å². The molecule has 0 saturated carbocycles. The minimum absolute atomic E-state index is 0.123. The number of anilines is 1. The van der Waals surface area contributed by atoms with Gasteiger partial charge in [0, 0.05) is 22.7 Å². The summed E-state index contributed by atoms with van der Waals surface area (Å²) >= 11 is 6.10. The zero-order valence-electron chi connectivity index (χ0n) is 18.1. The molecule has 0 saturated heterocycles. The molecule has 33 heavy (non-hydrogen) atoms. The molecule has 7 nitrogen and oxygen atoms in total. The SMILES string of the molecule is CC(C)Cc1ccoc1S(=O)(=O)Nc1ccc(Cl)cc1OCc1ccc(/C=C/C(=O)O)cc1. The van der Waals surface area contributed by atoms with Crippen LogP contribution in [0.5, 0.6) is 5.75 Å². The van der Waals surface area contributed by atoms with Gasteiger partial charge < -0.3 is 14.3 Å². The third-order valence-corrected chi connectivity index (χ3v) is 6.13. The number of sulfonamides is 1. The average Bonchev–Trinajstić information content (AvgIpc) is 3.21. The number of halogens is 1. The fourth-order valence-electron chi connectivity index (χ4n) is 3.09. The quantitative estimate of drug-likeness (QED) is 0.358. The number of carboxylic acid groups (broad SMARTS) is 1. The van der Waals surface area contributed by atoms with Crippen molar-refractivity contribution < 1.29 is 27.5 Å². The van der Waals surface area contributed by atoms with Crippen molar-refractivity contribution in [1.29, 1.82) is 0 Å². The molecule has 0 atom stereocenters. The molecule has 2 N–H and O–H groups in total. The number of ether oxygens (including phenoxy) is 1. The Hall–Kier alpha value is -3.23. The van der Waals surface area contributed by atoms with Crippen molar-refractivity contribution in [2.45, 2.75) is 32.0 Å². The predicted octanol–water partition coefficient (Wildman–Crippen LogP) is 5.61. The van der Waals surface area contributed by atoms with Crippen molar-refractivity contribution in [3.05, 3.63) is 82.6 Å². The van der Waals surface area contributed by atoms with E-state index in [4.69, 9.17) is 25.9 Å². The molecular formula is C24H24ClNO6S. The van der Waals surface area contributed by atoms with E-state index in [1.807, 2.05) is 13.8 Å². The highest BCUT2D eigenvalue weighted by atomic mass is 35.5. The topological polar surface area (TPSA) is 106 Å². The summed E-state index contributed by atoms with van der Waals surface area (Å²) in [4.78, 5) is 10.6. The zero-order chi connectivity index (χ0) is 24.0. The number of aliphatic carboxylic acids is 1. The van der Waals surface area contributed by atoms with E-state index in [9.17, 15) is 13.2 Å². The minimum Gasteiger partial charge on any atom is -0.487 e. The Bertz CT molecular complexity index is 1250. The lowest BCUT2D eigenvalue weighted by Gasteiger charge is -2.14. The Morgan fingerprint density at radius 1 is 1.18 bits per heavy atom. The summed E-state index contributed by atoms with van der Waals surface area (Å²) in [5.41, 5.74) is 2.37. The molecule has 0 amide bonds. The van der Waals surface area contributed by atoms with Crippen LogP contribution in [0.4, 0.5) is 5.69 Å². The molecule has 1 aromatic heterocycles. The molecule has 0 fully saturated rings. The number of hydrogen-bond acceptors (Lipinski definition) is 5. The molecule has 174 valence electrons. The molecule has 0 spiro atoms. The second-order valence-corrected chi connectivity index (χ2v) is 9.80. The van der Waals surface area contributed by atoms with Crippen LogP contribution in [0.2, 0.25) is 5.02 Å². The van der Waals surface area contributed by atoms with Gasteiger partial charge in [0.15, 0.2) is 0 Å². The van der Waals surface area contributed by atoms with E-state index in [-0.39, 0.29) is 29.1 Å². The Morgan fingerprint density at radius 2 is 1.91 bits per heavy atom. The molecule has 1 heterocycles. The lowest BCUT2D eigenvalue weighted by molar-refractivity contribution is -0.131. The van der Waals surface area contributed by atoms with E-state index in [0.717, 1.165) is 17.2 Å². The standard InChI is InChI=1S/C24H24ClNO6S/c1-16(2)13-19-11-12-31-24(19)33(29,30)26-21-9-8-20(25)14-22(21)32-15-18-5-3-17(4-6-18)7-10-23(27)28/h3-12,14,16,26H,13,15H2,1-2H3,(H,27,28)/b10-7+. The van der Waals surface area contributed by atoms with Crippen molar-refractivity contribution in [3.63, 3.8) is 0 Å².